The number of ether oxygens (including phenoxy) is 1. The first-order chi connectivity index (χ1) is 20.7. The Hall–Kier alpha value is -4.67. The molecule has 0 aliphatic carbocycles. The van der Waals surface area contributed by atoms with E-state index in [1.807, 2.05) is 54.3 Å². The maximum atomic E-state index is 13.3. The van der Waals surface area contributed by atoms with Crippen molar-refractivity contribution in [3.05, 3.63) is 89.5 Å². The molecule has 0 radical (unpaired) electrons. The molecular formula is C33H33N5O4S. The molecule has 6 rings (SSSR count). The largest absolute Gasteiger partial charge is 0.497 e. The number of likely N-dealkylation sites (N-methyl/N-ethyl adjacent to an activating group) is 1. The van der Waals surface area contributed by atoms with Gasteiger partial charge in [0.15, 0.2) is 0 Å². The number of nitrogens with two attached hydrogens (primary N) is 1. The van der Waals surface area contributed by atoms with Crippen LogP contribution in [0, 0.1) is 6.92 Å². The predicted molar refractivity (Wildman–Crippen MR) is 171 cm³/mol. The summed E-state index contributed by atoms with van der Waals surface area (Å²) in [6.45, 7) is 5.02. The number of aromatic amines is 1. The molecule has 0 spiro atoms. The standard InChI is InChI=1S/C33H33N5O4S/c1-20-24(5-4-6-28(20)36-43(41)23-10-8-22(42-3)9-11-23)25-13-14-27(32(34)39)31-30(25)26-12-7-21(19-29(26)35-31)33(40)38-17-15-37(2)16-18-38/h4-14,19,35-36H,15-18H2,1-3H3,(H2,34,39). The third-order valence-corrected chi connectivity index (χ3v) is 9.26. The molecule has 2 amide bonds. The molecule has 1 aromatic heterocycles. The van der Waals surface area contributed by atoms with Crippen molar-refractivity contribution < 1.29 is 18.5 Å². The first-order valence-corrected chi connectivity index (χ1v) is 15.2. The summed E-state index contributed by atoms with van der Waals surface area (Å²) in [5.41, 5.74) is 11.5. The zero-order chi connectivity index (χ0) is 30.2. The summed E-state index contributed by atoms with van der Waals surface area (Å²) in [5.74, 6) is 0.138. The molecule has 220 valence electrons. The number of nitrogens with zero attached hydrogens (tertiary/aromatic N) is 2. The average molecular weight is 596 g/mol. The molecule has 0 bridgehead atoms. The van der Waals surface area contributed by atoms with Gasteiger partial charge in [-0.2, -0.15) is 0 Å². The smallest absolute Gasteiger partial charge is 0.254 e. The van der Waals surface area contributed by atoms with E-state index in [0.717, 1.165) is 51.8 Å². The molecule has 4 N–H and O–H groups in total. The van der Waals surface area contributed by atoms with Crippen LogP contribution in [0.15, 0.2) is 77.7 Å². The van der Waals surface area contributed by atoms with Gasteiger partial charge in [0.25, 0.3) is 11.8 Å². The monoisotopic (exact) mass is 595 g/mol. The van der Waals surface area contributed by atoms with Gasteiger partial charge in [-0.25, -0.2) is 4.21 Å². The van der Waals surface area contributed by atoms with Crippen molar-refractivity contribution in [2.45, 2.75) is 11.8 Å². The molecule has 0 saturated carbocycles. The van der Waals surface area contributed by atoms with E-state index in [1.54, 1.807) is 37.4 Å². The molecular weight excluding hydrogens is 562 g/mol. The lowest BCUT2D eigenvalue weighted by molar-refractivity contribution is 0.0664. The number of anilines is 1. The fourth-order valence-corrected chi connectivity index (χ4v) is 6.59. The van der Waals surface area contributed by atoms with Gasteiger partial charge in [-0.05, 0) is 79.2 Å². The Balaban J connectivity index is 1.41. The number of piperazine rings is 1. The Morgan fingerprint density at radius 1 is 0.953 bits per heavy atom. The molecule has 10 heteroatoms. The van der Waals surface area contributed by atoms with Crippen LogP contribution < -0.4 is 15.2 Å². The molecule has 9 nitrogen and oxygen atoms in total. The van der Waals surface area contributed by atoms with Crippen molar-refractivity contribution in [3.8, 4) is 16.9 Å². The van der Waals surface area contributed by atoms with Crippen LogP contribution in [0.5, 0.6) is 5.75 Å². The number of H-pyrrole nitrogens is 1. The highest BCUT2D eigenvalue weighted by Crippen LogP contribution is 2.39. The van der Waals surface area contributed by atoms with Gasteiger partial charge in [0.1, 0.15) is 16.7 Å². The van der Waals surface area contributed by atoms with Crippen LogP contribution in [-0.4, -0.2) is 71.1 Å². The van der Waals surface area contributed by atoms with Crippen LogP contribution in [0.2, 0.25) is 0 Å². The Morgan fingerprint density at radius 3 is 2.40 bits per heavy atom. The molecule has 1 fully saturated rings. The van der Waals surface area contributed by atoms with Crippen molar-refractivity contribution in [1.82, 2.24) is 14.8 Å². The van der Waals surface area contributed by atoms with Crippen LogP contribution in [0.3, 0.4) is 0 Å². The summed E-state index contributed by atoms with van der Waals surface area (Å²) in [6, 6.07) is 22.1. The van der Waals surface area contributed by atoms with Crippen molar-refractivity contribution in [3.63, 3.8) is 0 Å². The highest BCUT2D eigenvalue weighted by Gasteiger charge is 2.23. The molecule has 1 saturated heterocycles. The maximum absolute atomic E-state index is 13.3. The lowest BCUT2D eigenvalue weighted by atomic mass is 9.93. The molecule has 1 aliphatic heterocycles. The maximum Gasteiger partial charge on any atom is 0.254 e. The first-order valence-electron chi connectivity index (χ1n) is 14.0. The summed E-state index contributed by atoms with van der Waals surface area (Å²) in [6.07, 6.45) is 0. The van der Waals surface area contributed by atoms with E-state index in [0.29, 0.717) is 40.4 Å². The van der Waals surface area contributed by atoms with E-state index in [2.05, 4.69) is 21.7 Å². The van der Waals surface area contributed by atoms with Gasteiger partial charge in [-0.1, -0.05) is 24.3 Å². The lowest BCUT2D eigenvalue weighted by Crippen LogP contribution is -2.47. The van der Waals surface area contributed by atoms with Gasteiger partial charge in [-0.15, -0.1) is 0 Å². The summed E-state index contributed by atoms with van der Waals surface area (Å²) in [4.78, 5) is 33.9. The highest BCUT2D eigenvalue weighted by molar-refractivity contribution is 7.86. The number of aromatic nitrogens is 1. The zero-order valence-electron chi connectivity index (χ0n) is 24.3. The number of carbonyl (C=O) groups is 2. The van der Waals surface area contributed by atoms with Crippen molar-refractivity contribution >= 4 is 50.3 Å². The van der Waals surface area contributed by atoms with Crippen LogP contribution >= 0.6 is 0 Å². The third kappa shape index (κ3) is 5.35. The quantitative estimate of drug-likeness (QED) is 0.247. The first kappa shape index (κ1) is 28.4. The Morgan fingerprint density at radius 2 is 1.70 bits per heavy atom. The lowest BCUT2D eigenvalue weighted by Gasteiger charge is -2.32. The number of rotatable bonds is 7. The summed E-state index contributed by atoms with van der Waals surface area (Å²) >= 11 is 0. The van der Waals surface area contributed by atoms with Gasteiger partial charge in [0.2, 0.25) is 0 Å². The van der Waals surface area contributed by atoms with E-state index < -0.39 is 16.9 Å². The number of amides is 2. The minimum Gasteiger partial charge on any atom is -0.497 e. The van der Waals surface area contributed by atoms with Gasteiger partial charge >= 0.3 is 0 Å². The minimum absolute atomic E-state index is 0.0107. The van der Waals surface area contributed by atoms with Gasteiger partial charge in [0.05, 0.1) is 28.8 Å². The molecule has 4 aromatic carbocycles. The van der Waals surface area contributed by atoms with E-state index in [9.17, 15) is 13.8 Å². The van der Waals surface area contributed by atoms with Crippen LogP contribution in [-0.2, 0) is 11.0 Å². The molecule has 1 unspecified atom stereocenters. The topological polar surface area (TPSA) is 121 Å². The van der Waals surface area contributed by atoms with Crippen LogP contribution in [0.25, 0.3) is 32.9 Å². The second-order valence-corrected chi connectivity index (χ2v) is 12.0. The summed E-state index contributed by atoms with van der Waals surface area (Å²) in [7, 11) is 2.15. The number of benzene rings is 4. The van der Waals surface area contributed by atoms with Crippen molar-refractivity contribution in [2.75, 3.05) is 45.1 Å². The highest BCUT2D eigenvalue weighted by atomic mass is 32.2. The Bertz CT molecular complexity index is 1890. The molecule has 1 aliphatic rings. The summed E-state index contributed by atoms with van der Waals surface area (Å²) < 4.78 is 21.5. The van der Waals surface area contributed by atoms with E-state index in [1.165, 1.54) is 0 Å². The predicted octanol–water partition coefficient (Wildman–Crippen LogP) is 4.93. The van der Waals surface area contributed by atoms with Gasteiger partial charge in [-0.3, -0.25) is 9.59 Å². The normalized spacial score (nSPS) is 14.6. The number of fused-ring (bicyclic) bond motifs is 3. The molecule has 43 heavy (non-hydrogen) atoms. The van der Waals surface area contributed by atoms with Crippen molar-refractivity contribution in [1.29, 1.82) is 0 Å². The fraction of sp³-hybridized carbons (Fsp3) is 0.212. The number of primary amides is 1. The third-order valence-electron chi connectivity index (χ3n) is 8.16. The molecule has 1 atom stereocenters. The number of hydrogen-bond donors (Lipinski definition) is 3. The van der Waals surface area contributed by atoms with Gasteiger partial charge < -0.3 is 30.0 Å². The average Bonchev–Trinajstić information content (AvgIpc) is 3.40. The number of hydrogen-bond acceptors (Lipinski definition) is 5. The Labute approximate surface area is 252 Å². The number of nitrogens with one attached hydrogen (secondary N) is 2. The second kappa shape index (κ2) is 11.5. The van der Waals surface area contributed by atoms with E-state index >= 15 is 0 Å². The van der Waals surface area contributed by atoms with Crippen LogP contribution in [0.1, 0.15) is 26.3 Å². The SMILES string of the molecule is COc1ccc(S(=O)Nc2cccc(-c3ccc(C(N)=O)c4[nH]c5cc(C(=O)N6CCN(C)CC6)ccc5c34)c2C)cc1. The zero-order valence-corrected chi connectivity index (χ0v) is 25.1. The van der Waals surface area contributed by atoms with E-state index in [4.69, 9.17) is 10.5 Å². The summed E-state index contributed by atoms with van der Waals surface area (Å²) in [5, 5.41) is 1.71. The second-order valence-electron chi connectivity index (χ2n) is 10.8. The molecule has 5 aromatic rings. The van der Waals surface area contributed by atoms with Crippen molar-refractivity contribution in [2.24, 2.45) is 5.73 Å². The van der Waals surface area contributed by atoms with E-state index in [-0.39, 0.29) is 5.91 Å². The number of methoxy groups -OCH3 is 1. The van der Waals surface area contributed by atoms with Gasteiger partial charge in [0, 0.05) is 48.0 Å². The Kier molecular flexibility index (Phi) is 7.64. The molecule has 2 heterocycles. The fourth-order valence-electron chi connectivity index (χ4n) is 5.66. The minimum atomic E-state index is -1.49. The van der Waals surface area contributed by atoms with Crippen LogP contribution in [0.4, 0.5) is 5.69 Å². The number of carbonyl (C=O) groups excluding carboxylic acids is 2.